The summed E-state index contributed by atoms with van der Waals surface area (Å²) in [6, 6.07) is 15.3. The van der Waals surface area contributed by atoms with E-state index in [-0.39, 0.29) is 4.90 Å². The number of halogens is 1. The highest BCUT2D eigenvalue weighted by Crippen LogP contribution is 2.28. The van der Waals surface area contributed by atoms with E-state index in [0.29, 0.717) is 10.7 Å². The van der Waals surface area contributed by atoms with Crippen molar-refractivity contribution in [3.05, 3.63) is 93.0 Å². The second-order valence-corrected chi connectivity index (χ2v) is 10.5. The maximum absolute atomic E-state index is 13.4. The molecule has 0 heterocycles. The summed E-state index contributed by atoms with van der Waals surface area (Å²) in [5.74, 6) is -0.579. The van der Waals surface area contributed by atoms with Crippen molar-refractivity contribution in [2.75, 3.05) is 10.8 Å². The van der Waals surface area contributed by atoms with Crippen LogP contribution in [-0.2, 0) is 14.8 Å². The van der Waals surface area contributed by atoms with Gasteiger partial charge in [0.15, 0.2) is 0 Å². The molecule has 1 amide bonds. The van der Waals surface area contributed by atoms with Crippen LogP contribution in [0.1, 0.15) is 33.4 Å². The number of aryl methyl sites for hydroxylation is 3. The van der Waals surface area contributed by atoms with E-state index >= 15 is 0 Å². The van der Waals surface area contributed by atoms with Gasteiger partial charge >= 0.3 is 0 Å². The lowest BCUT2D eigenvalue weighted by atomic mass is 10.00. The van der Waals surface area contributed by atoms with Crippen molar-refractivity contribution in [1.29, 1.82) is 0 Å². The molecule has 178 valence electrons. The highest BCUT2D eigenvalue weighted by atomic mass is 35.5. The number of rotatable bonds is 7. The van der Waals surface area contributed by atoms with Gasteiger partial charge in [0.2, 0.25) is 0 Å². The molecule has 0 atom stereocenters. The summed E-state index contributed by atoms with van der Waals surface area (Å²) in [4.78, 5) is 12.8. The molecular formula is C26H28ClN3O3S. The van der Waals surface area contributed by atoms with Crippen molar-refractivity contribution < 1.29 is 13.2 Å². The number of sulfonamides is 1. The Balaban J connectivity index is 1.88. The van der Waals surface area contributed by atoms with Crippen molar-refractivity contribution >= 4 is 39.4 Å². The number of amides is 1. The van der Waals surface area contributed by atoms with E-state index in [1.54, 1.807) is 30.5 Å². The van der Waals surface area contributed by atoms with Crippen molar-refractivity contribution in [3.63, 3.8) is 0 Å². The third kappa shape index (κ3) is 5.66. The lowest BCUT2D eigenvalue weighted by Crippen LogP contribution is -2.39. The van der Waals surface area contributed by atoms with Crippen LogP contribution < -0.4 is 9.73 Å². The van der Waals surface area contributed by atoms with Crippen LogP contribution in [0.2, 0.25) is 5.02 Å². The Kier molecular flexibility index (Phi) is 7.79. The summed E-state index contributed by atoms with van der Waals surface area (Å²) in [5, 5.41) is 4.45. The Morgan fingerprint density at radius 1 is 0.941 bits per heavy atom. The number of hydrazone groups is 1. The van der Waals surface area contributed by atoms with Gasteiger partial charge in [-0.1, -0.05) is 47.5 Å². The van der Waals surface area contributed by atoms with E-state index in [9.17, 15) is 13.2 Å². The Morgan fingerprint density at radius 3 is 2.24 bits per heavy atom. The molecule has 34 heavy (non-hydrogen) atoms. The van der Waals surface area contributed by atoms with Crippen LogP contribution in [0, 0.1) is 34.6 Å². The van der Waals surface area contributed by atoms with Crippen LogP contribution in [0.15, 0.2) is 64.6 Å². The van der Waals surface area contributed by atoms with Gasteiger partial charge in [-0.3, -0.25) is 9.10 Å². The molecule has 0 bridgehead atoms. The fourth-order valence-electron chi connectivity index (χ4n) is 3.35. The number of anilines is 1. The van der Waals surface area contributed by atoms with Gasteiger partial charge in [-0.05, 0) is 86.7 Å². The molecule has 0 aromatic heterocycles. The van der Waals surface area contributed by atoms with E-state index < -0.39 is 22.5 Å². The predicted molar refractivity (Wildman–Crippen MR) is 138 cm³/mol. The van der Waals surface area contributed by atoms with Crippen LogP contribution in [0.3, 0.4) is 0 Å². The third-order valence-corrected chi connectivity index (χ3v) is 8.03. The first-order valence-corrected chi connectivity index (χ1v) is 12.6. The number of hydrogen-bond donors (Lipinski definition) is 1. The SMILES string of the molecule is Cc1ccc(S(=O)(=O)N(CC(=O)N/N=C\c2ccc(C)c(C)c2C)c2ccc(C)c(Cl)c2)cc1. The van der Waals surface area contributed by atoms with Gasteiger partial charge in [-0.25, -0.2) is 13.8 Å². The summed E-state index contributed by atoms with van der Waals surface area (Å²) in [6.45, 7) is 9.28. The Morgan fingerprint density at radius 2 is 1.59 bits per heavy atom. The zero-order valence-corrected chi connectivity index (χ0v) is 21.5. The molecule has 0 aliphatic carbocycles. The summed E-state index contributed by atoms with van der Waals surface area (Å²) in [7, 11) is -4.03. The second kappa shape index (κ2) is 10.4. The summed E-state index contributed by atoms with van der Waals surface area (Å²) < 4.78 is 27.9. The van der Waals surface area contributed by atoms with Gasteiger partial charge in [0.1, 0.15) is 6.54 Å². The third-order valence-electron chi connectivity index (χ3n) is 5.83. The minimum absolute atomic E-state index is 0.0804. The van der Waals surface area contributed by atoms with Crippen LogP contribution in [0.5, 0.6) is 0 Å². The molecule has 0 saturated heterocycles. The van der Waals surface area contributed by atoms with Crippen LogP contribution in [0.25, 0.3) is 0 Å². The van der Waals surface area contributed by atoms with Crippen molar-refractivity contribution in [3.8, 4) is 0 Å². The maximum atomic E-state index is 13.4. The van der Waals surface area contributed by atoms with Gasteiger partial charge < -0.3 is 0 Å². The second-order valence-electron chi connectivity index (χ2n) is 8.27. The molecule has 0 spiro atoms. The molecule has 3 aromatic carbocycles. The van der Waals surface area contributed by atoms with E-state index in [0.717, 1.165) is 32.1 Å². The van der Waals surface area contributed by atoms with Gasteiger partial charge in [-0.15, -0.1) is 0 Å². The predicted octanol–water partition coefficient (Wildman–Crippen LogP) is 5.23. The largest absolute Gasteiger partial charge is 0.271 e. The minimum atomic E-state index is -4.03. The lowest BCUT2D eigenvalue weighted by molar-refractivity contribution is -0.119. The van der Waals surface area contributed by atoms with Gasteiger partial charge in [-0.2, -0.15) is 5.10 Å². The van der Waals surface area contributed by atoms with Gasteiger partial charge in [0.05, 0.1) is 16.8 Å². The Labute approximate surface area is 206 Å². The average Bonchev–Trinajstić information content (AvgIpc) is 2.79. The molecule has 0 unspecified atom stereocenters. The fourth-order valence-corrected chi connectivity index (χ4v) is 4.93. The van der Waals surface area contributed by atoms with Gasteiger partial charge in [0, 0.05) is 5.02 Å². The highest BCUT2D eigenvalue weighted by Gasteiger charge is 2.27. The molecular weight excluding hydrogens is 470 g/mol. The molecule has 3 aromatic rings. The van der Waals surface area contributed by atoms with Crippen LogP contribution in [0.4, 0.5) is 5.69 Å². The van der Waals surface area contributed by atoms with E-state index in [4.69, 9.17) is 11.6 Å². The fraction of sp³-hybridized carbons (Fsp3) is 0.231. The number of carbonyl (C=O) groups excluding carboxylic acids is 1. The molecule has 0 radical (unpaired) electrons. The van der Waals surface area contributed by atoms with Crippen molar-refractivity contribution in [1.82, 2.24) is 5.43 Å². The molecule has 0 fully saturated rings. The first kappa shape index (κ1) is 25.5. The standard InChI is InChI=1S/C26H28ClN3O3S/c1-17-6-12-24(13-7-17)34(32,33)30(23-11-9-19(3)25(27)14-23)16-26(31)29-28-15-22-10-8-18(2)20(4)21(22)5/h6-15H,16H2,1-5H3,(H,29,31)/b28-15-. The molecule has 1 N–H and O–H groups in total. The minimum Gasteiger partial charge on any atom is -0.271 e. The molecule has 0 saturated carbocycles. The first-order chi connectivity index (χ1) is 16.0. The number of nitrogens with zero attached hydrogens (tertiary/aromatic N) is 2. The molecule has 6 nitrogen and oxygen atoms in total. The average molecular weight is 498 g/mol. The number of benzene rings is 3. The maximum Gasteiger partial charge on any atom is 0.264 e. The molecule has 0 aliphatic heterocycles. The normalized spacial score (nSPS) is 11.6. The molecule has 0 aliphatic rings. The smallest absolute Gasteiger partial charge is 0.264 e. The van der Waals surface area contributed by atoms with Crippen molar-refractivity contribution in [2.24, 2.45) is 5.10 Å². The Hall–Kier alpha value is -3.16. The molecule has 8 heteroatoms. The van der Waals surface area contributed by atoms with Crippen LogP contribution in [-0.4, -0.2) is 27.1 Å². The zero-order valence-electron chi connectivity index (χ0n) is 19.9. The number of hydrogen-bond acceptors (Lipinski definition) is 4. The quantitative estimate of drug-likeness (QED) is 0.358. The highest BCUT2D eigenvalue weighted by molar-refractivity contribution is 7.92. The number of nitrogens with one attached hydrogen (secondary N) is 1. The molecule has 3 rings (SSSR count). The summed E-state index contributed by atoms with van der Waals surface area (Å²) in [5.41, 5.74) is 8.73. The topological polar surface area (TPSA) is 78.8 Å². The summed E-state index contributed by atoms with van der Waals surface area (Å²) >= 11 is 6.26. The zero-order chi connectivity index (χ0) is 25.0. The summed E-state index contributed by atoms with van der Waals surface area (Å²) in [6.07, 6.45) is 1.56. The van der Waals surface area contributed by atoms with Crippen LogP contribution >= 0.6 is 11.6 Å². The van der Waals surface area contributed by atoms with E-state index in [1.165, 1.54) is 23.8 Å². The Bertz CT molecular complexity index is 1350. The lowest BCUT2D eigenvalue weighted by Gasteiger charge is -2.24. The number of carbonyl (C=O) groups is 1. The van der Waals surface area contributed by atoms with E-state index in [2.05, 4.69) is 10.5 Å². The first-order valence-electron chi connectivity index (χ1n) is 10.7. The van der Waals surface area contributed by atoms with E-state index in [1.807, 2.05) is 46.8 Å². The van der Waals surface area contributed by atoms with Crippen molar-refractivity contribution in [2.45, 2.75) is 39.5 Å². The monoisotopic (exact) mass is 497 g/mol. The van der Waals surface area contributed by atoms with Gasteiger partial charge in [0.25, 0.3) is 15.9 Å².